The molecule has 132 valence electrons. The van der Waals surface area contributed by atoms with Gasteiger partial charge in [0.25, 0.3) is 5.91 Å². The lowest BCUT2D eigenvalue weighted by Gasteiger charge is -2.19. The maximum Gasteiger partial charge on any atom is 0.274 e. The minimum atomic E-state index is -0.535. The minimum absolute atomic E-state index is 0.382. The van der Waals surface area contributed by atoms with Gasteiger partial charge in [0.2, 0.25) is 0 Å². The number of ether oxygens (including phenoxy) is 2. The number of amides is 1. The third-order valence-electron chi connectivity index (χ3n) is 4.37. The van der Waals surface area contributed by atoms with Gasteiger partial charge in [-0.25, -0.2) is 5.48 Å². The smallest absolute Gasteiger partial charge is 0.274 e. The van der Waals surface area contributed by atoms with E-state index < -0.39 is 5.91 Å². The number of hydrogen-bond donors (Lipinski definition) is 2. The van der Waals surface area contributed by atoms with Crippen molar-refractivity contribution in [1.29, 1.82) is 0 Å². The van der Waals surface area contributed by atoms with Crippen molar-refractivity contribution in [2.24, 2.45) is 0 Å². The van der Waals surface area contributed by atoms with Crippen LogP contribution in [0.2, 0.25) is 0 Å². The number of carbonyl (C=O) groups excluding carboxylic acids is 1. The molecule has 6 nitrogen and oxygen atoms in total. The van der Waals surface area contributed by atoms with Crippen LogP contribution in [-0.2, 0) is 13.0 Å². The highest BCUT2D eigenvalue weighted by Crippen LogP contribution is 2.25. The van der Waals surface area contributed by atoms with Gasteiger partial charge in [-0.15, -0.1) is 0 Å². The average Bonchev–Trinajstić information content (AvgIpc) is 2.87. The second kappa shape index (κ2) is 8.00. The van der Waals surface area contributed by atoms with Gasteiger partial charge in [0.1, 0.15) is 18.1 Å². The van der Waals surface area contributed by atoms with E-state index >= 15 is 0 Å². The van der Waals surface area contributed by atoms with Crippen LogP contribution >= 0.6 is 0 Å². The first-order valence-corrected chi connectivity index (χ1v) is 8.25. The van der Waals surface area contributed by atoms with Gasteiger partial charge in [-0.1, -0.05) is 18.2 Å². The molecule has 25 heavy (non-hydrogen) atoms. The number of nitrogens with zero attached hydrogens (tertiary/aromatic N) is 1. The van der Waals surface area contributed by atoms with Crippen LogP contribution in [0.25, 0.3) is 0 Å². The Bertz CT molecular complexity index is 731. The molecule has 2 aromatic rings. The molecule has 0 bridgehead atoms. The fourth-order valence-electron chi connectivity index (χ4n) is 2.90. The van der Waals surface area contributed by atoms with Gasteiger partial charge in [-0.05, 0) is 36.2 Å². The Balaban J connectivity index is 1.64. The van der Waals surface area contributed by atoms with E-state index in [1.165, 1.54) is 5.56 Å². The summed E-state index contributed by atoms with van der Waals surface area (Å²) in [5, 5.41) is 8.74. The maximum atomic E-state index is 11.5. The first kappa shape index (κ1) is 17.3. The zero-order valence-corrected chi connectivity index (χ0v) is 14.2. The number of hydrogen-bond acceptors (Lipinski definition) is 5. The Morgan fingerprint density at radius 3 is 2.80 bits per heavy atom. The summed E-state index contributed by atoms with van der Waals surface area (Å²) in [6.45, 7) is 3.09. The molecule has 3 rings (SSSR count). The zero-order chi connectivity index (χ0) is 17.6. The summed E-state index contributed by atoms with van der Waals surface area (Å²) in [5.41, 5.74) is 4.34. The number of hydroxylamine groups is 1. The van der Waals surface area contributed by atoms with Crippen LogP contribution < -0.4 is 15.0 Å². The van der Waals surface area contributed by atoms with Gasteiger partial charge < -0.3 is 9.47 Å². The zero-order valence-electron chi connectivity index (χ0n) is 14.2. The van der Waals surface area contributed by atoms with E-state index in [-0.39, 0.29) is 0 Å². The van der Waals surface area contributed by atoms with Crippen molar-refractivity contribution < 1.29 is 19.5 Å². The molecule has 0 aliphatic carbocycles. The molecule has 0 radical (unpaired) electrons. The molecular formula is C19H22N2O4. The van der Waals surface area contributed by atoms with Crippen LogP contribution in [0.15, 0.2) is 42.5 Å². The number of benzene rings is 2. The molecule has 1 aliphatic rings. The topological polar surface area (TPSA) is 71.0 Å². The molecule has 1 amide bonds. The molecule has 0 spiro atoms. The predicted octanol–water partition coefficient (Wildman–Crippen LogP) is 2.25. The first-order valence-electron chi connectivity index (χ1n) is 8.25. The predicted molar refractivity (Wildman–Crippen MR) is 93.2 cm³/mol. The second-order valence-corrected chi connectivity index (χ2v) is 5.99. The standard InChI is InChI=1S/C19H22N2O4/c1-24-17-6-2-14(3-7-17)8-9-21-10-11-25-18-12-15(19(22)20-23)4-5-16(18)13-21/h2-7,12,23H,8-11,13H2,1H3,(H,20,22). The third-order valence-corrected chi connectivity index (χ3v) is 4.37. The summed E-state index contributed by atoms with van der Waals surface area (Å²) < 4.78 is 11.0. The number of rotatable bonds is 5. The molecule has 1 heterocycles. The lowest BCUT2D eigenvalue weighted by molar-refractivity contribution is 0.0706. The monoisotopic (exact) mass is 342 g/mol. The molecule has 0 saturated carbocycles. The molecule has 2 N–H and O–H groups in total. The highest BCUT2D eigenvalue weighted by molar-refractivity contribution is 5.93. The number of fused-ring (bicyclic) bond motifs is 1. The summed E-state index contributed by atoms with van der Waals surface area (Å²) in [6, 6.07) is 13.4. The van der Waals surface area contributed by atoms with E-state index in [1.807, 2.05) is 18.2 Å². The maximum absolute atomic E-state index is 11.5. The first-order chi connectivity index (χ1) is 12.2. The van der Waals surface area contributed by atoms with Gasteiger partial charge in [0.15, 0.2) is 0 Å². The van der Waals surface area contributed by atoms with Gasteiger partial charge in [0, 0.05) is 30.8 Å². The molecule has 0 saturated heterocycles. The summed E-state index contributed by atoms with van der Waals surface area (Å²) in [6.07, 6.45) is 0.949. The molecule has 6 heteroatoms. The molecular weight excluding hydrogens is 320 g/mol. The van der Waals surface area contributed by atoms with E-state index in [0.717, 1.165) is 37.4 Å². The number of methoxy groups -OCH3 is 1. The SMILES string of the molecule is COc1ccc(CCN2CCOc3cc(C(=O)NO)ccc3C2)cc1. The van der Waals surface area contributed by atoms with Crippen LogP contribution in [0.4, 0.5) is 0 Å². The van der Waals surface area contributed by atoms with Crippen molar-refractivity contribution in [3.05, 3.63) is 59.2 Å². The normalized spacial score (nSPS) is 14.2. The molecule has 0 fully saturated rings. The minimum Gasteiger partial charge on any atom is -0.497 e. The van der Waals surface area contributed by atoms with Crippen LogP contribution in [0.5, 0.6) is 11.5 Å². The van der Waals surface area contributed by atoms with Crippen molar-refractivity contribution in [3.8, 4) is 11.5 Å². The largest absolute Gasteiger partial charge is 0.497 e. The summed E-state index contributed by atoms with van der Waals surface area (Å²) in [7, 11) is 1.67. The van der Waals surface area contributed by atoms with Crippen LogP contribution in [0, 0.1) is 0 Å². The van der Waals surface area contributed by atoms with E-state index in [0.29, 0.717) is 17.9 Å². The van der Waals surface area contributed by atoms with E-state index in [9.17, 15) is 4.79 Å². The second-order valence-electron chi connectivity index (χ2n) is 5.99. The van der Waals surface area contributed by atoms with Gasteiger partial charge in [0.05, 0.1) is 7.11 Å². The molecule has 2 aromatic carbocycles. The summed E-state index contributed by atoms with van der Waals surface area (Å²) >= 11 is 0. The Morgan fingerprint density at radius 2 is 2.08 bits per heavy atom. The molecule has 0 unspecified atom stereocenters. The fraction of sp³-hybridized carbons (Fsp3) is 0.316. The molecule has 0 atom stereocenters. The third kappa shape index (κ3) is 4.29. The Labute approximate surface area is 146 Å². The lowest BCUT2D eigenvalue weighted by atomic mass is 10.1. The Kier molecular flexibility index (Phi) is 5.53. The Hall–Kier alpha value is -2.57. The lowest BCUT2D eigenvalue weighted by Crippen LogP contribution is -2.28. The van der Waals surface area contributed by atoms with Gasteiger partial charge in [-0.2, -0.15) is 0 Å². The number of nitrogens with one attached hydrogen (secondary N) is 1. The van der Waals surface area contributed by atoms with Gasteiger partial charge >= 0.3 is 0 Å². The quantitative estimate of drug-likeness (QED) is 0.644. The van der Waals surface area contributed by atoms with Crippen molar-refractivity contribution in [1.82, 2.24) is 10.4 Å². The number of carbonyl (C=O) groups is 1. The van der Waals surface area contributed by atoms with Crippen molar-refractivity contribution in [3.63, 3.8) is 0 Å². The fourth-order valence-corrected chi connectivity index (χ4v) is 2.90. The average molecular weight is 342 g/mol. The van der Waals surface area contributed by atoms with Crippen LogP contribution in [-0.4, -0.2) is 42.8 Å². The van der Waals surface area contributed by atoms with Crippen molar-refractivity contribution in [2.45, 2.75) is 13.0 Å². The Morgan fingerprint density at radius 1 is 1.28 bits per heavy atom. The van der Waals surface area contributed by atoms with Gasteiger partial charge in [-0.3, -0.25) is 14.9 Å². The van der Waals surface area contributed by atoms with Crippen molar-refractivity contribution in [2.75, 3.05) is 26.8 Å². The summed E-state index contributed by atoms with van der Waals surface area (Å²) in [5.74, 6) is 1.03. The van der Waals surface area contributed by atoms with Crippen molar-refractivity contribution >= 4 is 5.91 Å². The van der Waals surface area contributed by atoms with Crippen LogP contribution in [0.3, 0.4) is 0 Å². The van der Waals surface area contributed by atoms with E-state index in [1.54, 1.807) is 24.7 Å². The highest BCUT2D eigenvalue weighted by Gasteiger charge is 2.17. The molecule has 1 aliphatic heterocycles. The molecule has 0 aromatic heterocycles. The van der Waals surface area contributed by atoms with Crippen LogP contribution in [0.1, 0.15) is 21.5 Å². The van der Waals surface area contributed by atoms with E-state index in [2.05, 4.69) is 17.0 Å². The van der Waals surface area contributed by atoms with E-state index in [4.69, 9.17) is 14.7 Å². The highest BCUT2D eigenvalue weighted by atomic mass is 16.5. The summed E-state index contributed by atoms with van der Waals surface area (Å²) in [4.78, 5) is 13.9.